The molecule has 4 heteroatoms. The van der Waals surface area contributed by atoms with Crippen LogP contribution in [0.3, 0.4) is 0 Å². The molecule has 1 aromatic heterocycles. The summed E-state index contributed by atoms with van der Waals surface area (Å²) in [6.07, 6.45) is 5.36. The minimum Gasteiger partial charge on any atom is -0.516 e. The molecule has 0 radical (unpaired) electrons. The van der Waals surface area contributed by atoms with Gasteiger partial charge in [0, 0.05) is 16.0 Å². The Balaban J connectivity index is 1.63. The van der Waals surface area contributed by atoms with E-state index in [1.807, 2.05) is 48.5 Å². The summed E-state index contributed by atoms with van der Waals surface area (Å²) in [6, 6.07) is 26.6. The SMILES string of the molecule is O/C=C1/C=c2\c(oc3ccccc23)=C/c2cccc3c2B1c1ccc2ccccc2c1O3. The Kier molecular flexibility index (Phi) is 3.51. The van der Waals surface area contributed by atoms with Crippen LogP contribution in [0.5, 0.6) is 11.5 Å². The second-order valence-electron chi connectivity index (χ2n) is 8.29. The summed E-state index contributed by atoms with van der Waals surface area (Å²) >= 11 is 0. The van der Waals surface area contributed by atoms with E-state index in [2.05, 4.69) is 42.5 Å². The molecule has 32 heavy (non-hydrogen) atoms. The highest BCUT2D eigenvalue weighted by molar-refractivity contribution is 6.94. The van der Waals surface area contributed by atoms with Crippen LogP contribution in [-0.4, -0.2) is 11.8 Å². The van der Waals surface area contributed by atoms with E-state index < -0.39 is 0 Å². The van der Waals surface area contributed by atoms with Crippen LogP contribution >= 0.6 is 0 Å². The second kappa shape index (κ2) is 6.41. The number of furan rings is 1. The van der Waals surface area contributed by atoms with Crippen molar-refractivity contribution in [2.45, 2.75) is 0 Å². The molecular weight excluding hydrogens is 395 g/mol. The van der Waals surface area contributed by atoms with E-state index in [1.54, 1.807) is 0 Å². The van der Waals surface area contributed by atoms with E-state index in [9.17, 15) is 5.11 Å². The number of hydrogen-bond acceptors (Lipinski definition) is 3. The third-order valence-electron chi connectivity index (χ3n) is 6.56. The fraction of sp³-hybridized carbons (Fsp3) is 0. The maximum atomic E-state index is 10.4. The summed E-state index contributed by atoms with van der Waals surface area (Å²) in [7, 11) is 0. The average molecular weight is 412 g/mol. The first-order chi connectivity index (χ1) is 15.8. The highest BCUT2D eigenvalue weighted by Gasteiger charge is 2.36. The number of aliphatic hydroxyl groups excluding tert-OH is 1. The maximum absolute atomic E-state index is 10.4. The van der Waals surface area contributed by atoms with Gasteiger partial charge in [-0.3, -0.25) is 0 Å². The molecule has 7 rings (SSSR count). The summed E-state index contributed by atoms with van der Waals surface area (Å²) in [5.74, 6) is 1.66. The van der Waals surface area contributed by atoms with Crippen molar-refractivity contribution in [1.82, 2.24) is 0 Å². The van der Waals surface area contributed by atoms with Crippen LogP contribution < -0.4 is 26.3 Å². The van der Waals surface area contributed by atoms with Gasteiger partial charge in [0.1, 0.15) is 22.5 Å². The van der Waals surface area contributed by atoms with Gasteiger partial charge in [-0.1, -0.05) is 72.8 Å². The van der Waals surface area contributed by atoms with Crippen LogP contribution in [0.4, 0.5) is 0 Å². The smallest absolute Gasteiger partial charge is 0.255 e. The van der Waals surface area contributed by atoms with Gasteiger partial charge in [-0.2, -0.15) is 0 Å². The summed E-state index contributed by atoms with van der Waals surface area (Å²) in [6.45, 7) is -0.155. The highest BCUT2D eigenvalue weighted by Crippen LogP contribution is 2.34. The second-order valence-corrected chi connectivity index (χ2v) is 8.29. The number of fused-ring (bicyclic) bond motifs is 7. The van der Waals surface area contributed by atoms with E-state index in [-0.39, 0.29) is 6.71 Å². The molecule has 1 N–H and O–H groups in total. The molecule has 0 bridgehead atoms. The van der Waals surface area contributed by atoms with E-state index >= 15 is 0 Å². The number of aliphatic hydroxyl groups is 1. The van der Waals surface area contributed by atoms with E-state index in [0.29, 0.717) is 0 Å². The van der Waals surface area contributed by atoms with Crippen molar-refractivity contribution in [2.75, 3.05) is 0 Å². The van der Waals surface area contributed by atoms with Crippen LogP contribution in [-0.2, 0) is 0 Å². The fourth-order valence-electron chi connectivity index (χ4n) is 5.14. The molecule has 0 amide bonds. The molecule has 0 atom stereocenters. The molecule has 0 fully saturated rings. The number of hydrogen-bond donors (Lipinski definition) is 1. The van der Waals surface area contributed by atoms with Crippen molar-refractivity contribution in [3.8, 4) is 11.5 Å². The van der Waals surface area contributed by atoms with E-state index in [1.165, 1.54) is 6.26 Å². The van der Waals surface area contributed by atoms with Gasteiger partial charge >= 0.3 is 0 Å². The predicted molar refractivity (Wildman–Crippen MR) is 130 cm³/mol. The van der Waals surface area contributed by atoms with Crippen molar-refractivity contribution < 1.29 is 14.3 Å². The van der Waals surface area contributed by atoms with Crippen LogP contribution in [0, 0.1) is 0 Å². The highest BCUT2D eigenvalue weighted by atomic mass is 16.5. The first-order valence-electron chi connectivity index (χ1n) is 10.7. The average Bonchev–Trinajstić information content (AvgIpc) is 3.16. The van der Waals surface area contributed by atoms with Gasteiger partial charge in [0.05, 0.1) is 6.26 Å². The molecule has 0 aliphatic carbocycles. The van der Waals surface area contributed by atoms with Gasteiger partial charge in [-0.15, -0.1) is 0 Å². The maximum Gasteiger partial charge on any atom is 0.255 e. The lowest BCUT2D eigenvalue weighted by atomic mass is 9.34. The molecule has 0 saturated heterocycles. The minimum atomic E-state index is -0.155. The van der Waals surface area contributed by atoms with Gasteiger partial charge in [-0.05, 0) is 45.6 Å². The van der Waals surface area contributed by atoms with Gasteiger partial charge in [-0.25, -0.2) is 0 Å². The zero-order chi connectivity index (χ0) is 21.2. The zero-order valence-corrected chi connectivity index (χ0v) is 17.1. The van der Waals surface area contributed by atoms with Gasteiger partial charge in [0.15, 0.2) is 0 Å². The Bertz CT molecular complexity index is 1730. The molecule has 0 unspecified atom stereocenters. The Morgan fingerprint density at radius 1 is 0.781 bits per heavy atom. The van der Waals surface area contributed by atoms with Crippen molar-refractivity contribution >= 4 is 51.5 Å². The number of allylic oxidation sites excluding steroid dienone is 1. The molecule has 3 nitrogen and oxygen atoms in total. The zero-order valence-electron chi connectivity index (χ0n) is 17.1. The summed E-state index contributed by atoms with van der Waals surface area (Å²) in [5.41, 5.74) is 5.53. The Labute approximate surface area is 184 Å². The monoisotopic (exact) mass is 412 g/mol. The van der Waals surface area contributed by atoms with Crippen LogP contribution in [0.2, 0.25) is 0 Å². The minimum absolute atomic E-state index is 0.155. The Hall–Kier alpha value is -4.18. The summed E-state index contributed by atoms with van der Waals surface area (Å²) in [4.78, 5) is 0. The Morgan fingerprint density at radius 2 is 1.62 bits per heavy atom. The predicted octanol–water partition coefficient (Wildman–Crippen LogP) is 3.90. The molecule has 0 saturated carbocycles. The molecule has 2 aliphatic heterocycles. The molecule has 2 aliphatic rings. The third kappa shape index (κ3) is 2.32. The van der Waals surface area contributed by atoms with Crippen molar-refractivity contribution in [3.05, 3.63) is 107 Å². The first-order valence-corrected chi connectivity index (χ1v) is 10.7. The largest absolute Gasteiger partial charge is 0.516 e. The van der Waals surface area contributed by atoms with Crippen molar-refractivity contribution in [3.63, 3.8) is 0 Å². The number of benzene rings is 4. The summed E-state index contributed by atoms with van der Waals surface area (Å²) < 4.78 is 12.7. The molecule has 3 heterocycles. The lowest BCUT2D eigenvalue weighted by Crippen LogP contribution is -2.50. The topological polar surface area (TPSA) is 42.6 Å². The molecule has 4 aromatic carbocycles. The number of rotatable bonds is 0. The molecule has 5 aromatic rings. The Morgan fingerprint density at radius 3 is 2.53 bits per heavy atom. The van der Waals surface area contributed by atoms with E-state index in [0.717, 1.165) is 65.8 Å². The van der Waals surface area contributed by atoms with Crippen molar-refractivity contribution in [2.24, 2.45) is 0 Å². The normalized spacial score (nSPS) is 17.2. The standard InChI is InChI=1S/C28H17BO3/c30-16-19-15-22-21-9-3-4-10-24(21)31-26(22)14-18-7-5-11-25-27(18)29(19)23-13-12-17-6-1-2-8-20(17)28(23)32-25/h1-16,30H/b19-16-,22-15-,26-14+. The van der Waals surface area contributed by atoms with Crippen molar-refractivity contribution in [1.29, 1.82) is 0 Å². The van der Waals surface area contributed by atoms with Crippen LogP contribution in [0.15, 0.2) is 95.0 Å². The summed E-state index contributed by atoms with van der Waals surface area (Å²) in [5, 5.41) is 14.7. The number of para-hydroxylation sites is 1. The van der Waals surface area contributed by atoms with Gasteiger partial charge < -0.3 is 14.3 Å². The quantitative estimate of drug-likeness (QED) is 0.310. The van der Waals surface area contributed by atoms with Crippen LogP contribution in [0.1, 0.15) is 5.56 Å². The van der Waals surface area contributed by atoms with E-state index in [4.69, 9.17) is 9.15 Å². The molecule has 0 spiro atoms. The lowest BCUT2D eigenvalue weighted by molar-refractivity contribution is 0.472. The fourth-order valence-corrected chi connectivity index (χ4v) is 5.14. The van der Waals surface area contributed by atoms with Gasteiger partial charge in [0.2, 0.25) is 0 Å². The third-order valence-corrected chi connectivity index (χ3v) is 6.56. The molecule has 150 valence electrons. The van der Waals surface area contributed by atoms with Gasteiger partial charge in [0.25, 0.3) is 6.71 Å². The lowest BCUT2D eigenvalue weighted by Gasteiger charge is -2.29. The van der Waals surface area contributed by atoms with Crippen LogP contribution in [0.25, 0.3) is 33.9 Å². The number of ether oxygens (including phenoxy) is 1. The molecular formula is C28H17BO3. The first kappa shape index (κ1) is 17.5.